The smallest absolute Gasteiger partial charge is 0.0535 e. The van der Waals surface area contributed by atoms with E-state index in [4.69, 9.17) is 0 Å². The molecular weight excluding hydrogens is 224 g/mol. The first-order valence-corrected chi connectivity index (χ1v) is 6.09. The number of nitrogens with one attached hydrogen (secondary N) is 3. The van der Waals surface area contributed by atoms with E-state index in [-0.39, 0.29) is 0 Å². The lowest BCUT2D eigenvalue weighted by atomic mass is 10.1. The van der Waals surface area contributed by atoms with Crippen molar-refractivity contribution in [3.63, 3.8) is 0 Å². The van der Waals surface area contributed by atoms with E-state index in [1.165, 1.54) is 22.0 Å². The van der Waals surface area contributed by atoms with Gasteiger partial charge in [0.05, 0.1) is 6.20 Å². The molecule has 2 heterocycles. The Labute approximate surface area is 105 Å². The van der Waals surface area contributed by atoms with Crippen molar-refractivity contribution in [1.29, 1.82) is 0 Å². The van der Waals surface area contributed by atoms with E-state index in [0.29, 0.717) is 0 Å². The second-order valence-electron chi connectivity index (χ2n) is 4.48. The highest BCUT2D eigenvalue weighted by Gasteiger charge is 2.02. The highest BCUT2D eigenvalue weighted by Crippen LogP contribution is 2.17. The Morgan fingerprint density at radius 2 is 2.06 bits per heavy atom. The second kappa shape index (κ2) is 4.66. The summed E-state index contributed by atoms with van der Waals surface area (Å²) in [6, 6.07) is 8.46. The molecular formula is C14H16N4. The van der Waals surface area contributed by atoms with Gasteiger partial charge in [0.2, 0.25) is 0 Å². The lowest BCUT2D eigenvalue weighted by Crippen LogP contribution is -2.13. The third-order valence-corrected chi connectivity index (χ3v) is 3.25. The average Bonchev–Trinajstić information content (AvgIpc) is 2.99. The monoisotopic (exact) mass is 240 g/mol. The number of H-pyrrole nitrogens is 2. The van der Waals surface area contributed by atoms with Crippen molar-refractivity contribution >= 4 is 10.9 Å². The summed E-state index contributed by atoms with van der Waals surface area (Å²) < 4.78 is 0. The van der Waals surface area contributed by atoms with Gasteiger partial charge in [0, 0.05) is 41.4 Å². The SMILES string of the molecule is Cc1[nH]ncc1CNCc1cccc2[nH]ccc12. The number of aromatic amines is 2. The van der Waals surface area contributed by atoms with E-state index in [2.05, 4.69) is 44.8 Å². The molecule has 3 N–H and O–H groups in total. The molecule has 92 valence electrons. The zero-order valence-electron chi connectivity index (χ0n) is 10.3. The van der Waals surface area contributed by atoms with Crippen molar-refractivity contribution < 1.29 is 0 Å². The molecule has 0 bridgehead atoms. The van der Waals surface area contributed by atoms with Crippen LogP contribution in [0.3, 0.4) is 0 Å². The van der Waals surface area contributed by atoms with E-state index >= 15 is 0 Å². The number of nitrogens with zero attached hydrogens (tertiary/aromatic N) is 1. The molecule has 3 rings (SSSR count). The molecule has 4 heteroatoms. The Bertz CT molecular complexity index is 650. The topological polar surface area (TPSA) is 56.5 Å². The molecule has 0 fully saturated rings. The molecule has 0 saturated carbocycles. The Morgan fingerprint density at radius 1 is 1.17 bits per heavy atom. The number of rotatable bonds is 4. The van der Waals surface area contributed by atoms with E-state index in [9.17, 15) is 0 Å². The predicted octanol–water partition coefficient (Wildman–Crippen LogP) is 2.49. The van der Waals surface area contributed by atoms with Gasteiger partial charge in [0.25, 0.3) is 0 Å². The van der Waals surface area contributed by atoms with Crippen LogP contribution in [0.2, 0.25) is 0 Å². The van der Waals surface area contributed by atoms with Crippen LogP contribution in [0.15, 0.2) is 36.7 Å². The van der Waals surface area contributed by atoms with Gasteiger partial charge in [-0.25, -0.2) is 0 Å². The fraction of sp³-hybridized carbons (Fsp3) is 0.214. The summed E-state index contributed by atoms with van der Waals surface area (Å²) in [6.07, 6.45) is 3.85. The number of hydrogen-bond acceptors (Lipinski definition) is 2. The molecule has 0 aliphatic rings. The maximum absolute atomic E-state index is 4.02. The highest BCUT2D eigenvalue weighted by atomic mass is 15.1. The van der Waals surface area contributed by atoms with Crippen LogP contribution in [0.4, 0.5) is 0 Å². The highest BCUT2D eigenvalue weighted by molar-refractivity contribution is 5.82. The quantitative estimate of drug-likeness (QED) is 0.656. The summed E-state index contributed by atoms with van der Waals surface area (Å²) in [5.41, 5.74) is 4.85. The predicted molar refractivity (Wildman–Crippen MR) is 72.2 cm³/mol. The average molecular weight is 240 g/mol. The Morgan fingerprint density at radius 3 is 2.89 bits per heavy atom. The zero-order valence-corrected chi connectivity index (χ0v) is 10.3. The first-order chi connectivity index (χ1) is 8.84. The first-order valence-electron chi connectivity index (χ1n) is 6.09. The van der Waals surface area contributed by atoms with Gasteiger partial charge in [-0.15, -0.1) is 0 Å². The van der Waals surface area contributed by atoms with Crippen LogP contribution in [0.1, 0.15) is 16.8 Å². The van der Waals surface area contributed by atoms with Crippen LogP contribution in [0.5, 0.6) is 0 Å². The molecule has 0 unspecified atom stereocenters. The fourth-order valence-corrected chi connectivity index (χ4v) is 2.19. The molecule has 2 aromatic heterocycles. The number of hydrogen-bond donors (Lipinski definition) is 3. The zero-order chi connectivity index (χ0) is 12.4. The van der Waals surface area contributed by atoms with Gasteiger partial charge in [0.1, 0.15) is 0 Å². The molecule has 0 aliphatic carbocycles. The van der Waals surface area contributed by atoms with Gasteiger partial charge in [0.15, 0.2) is 0 Å². The Kier molecular flexibility index (Phi) is 2.86. The molecule has 0 radical (unpaired) electrons. The minimum absolute atomic E-state index is 0.836. The van der Waals surface area contributed by atoms with Crippen molar-refractivity contribution in [3.8, 4) is 0 Å². The third kappa shape index (κ3) is 2.02. The lowest BCUT2D eigenvalue weighted by molar-refractivity contribution is 0.694. The van der Waals surface area contributed by atoms with Crippen LogP contribution in [0.25, 0.3) is 10.9 Å². The van der Waals surface area contributed by atoms with Crippen molar-refractivity contribution in [1.82, 2.24) is 20.5 Å². The van der Waals surface area contributed by atoms with Crippen LogP contribution in [0, 0.1) is 6.92 Å². The lowest BCUT2D eigenvalue weighted by Gasteiger charge is -2.05. The van der Waals surface area contributed by atoms with E-state index in [1.54, 1.807) is 0 Å². The van der Waals surface area contributed by atoms with Gasteiger partial charge in [-0.1, -0.05) is 12.1 Å². The summed E-state index contributed by atoms with van der Waals surface area (Å²) in [4.78, 5) is 3.23. The molecule has 4 nitrogen and oxygen atoms in total. The fourth-order valence-electron chi connectivity index (χ4n) is 2.19. The third-order valence-electron chi connectivity index (χ3n) is 3.25. The summed E-state index contributed by atoms with van der Waals surface area (Å²) in [5, 5.41) is 11.7. The standard InChI is InChI=1S/C14H16N4/c1-10-12(9-17-18-10)8-15-7-11-3-2-4-14-13(11)5-6-16-14/h2-6,9,15-16H,7-8H2,1H3,(H,17,18). The summed E-state index contributed by atoms with van der Waals surface area (Å²) in [6.45, 7) is 3.74. The molecule has 3 aromatic rings. The van der Waals surface area contributed by atoms with Crippen LogP contribution >= 0.6 is 0 Å². The molecule has 18 heavy (non-hydrogen) atoms. The van der Waals surface area contributed by atoms with Crippen molar-refractivity contribution in [2.45, 2.75) is 20.0 Å². The minimum atomic E-state index is 0.836. The van der Waals surface area contributed by atoms with E-state index in [0.717, 1.165) is 18.8 Å². The Balaban J connectivity index is 1.70. The van der Waals surface area contributed by atoms with E-state index < -0.39 is 0 Å². The Hall–Kier alpha value is -2.07. The van der Waals surface area contributed by atoms with Gasteiger partial charge >= 0.3 is 0 Å². The molecule has 0 amide bonds. The molecule has 0 spiro atoms. The van der Waals surface area contributed by atoms with Gasteiger partial charge in [-0.2, -0.15) is 5.10 Å². The van der Waals surface area contributed by atoms with Gasteiger partial charge in [-0.05, 0) is 24.6 Å². The van der Waals surface area contributed by atoms with Crippen molar-refractivity contribution in [2.75, 3.05) is 0 Å². The minimum Gasteiger partial charge on any atom is -0.361 e. The molecule has 0 atom stereocenters. The number of fused-ring (bicyclic) bond motifs is 1. The summed E-state index contributed by atoms with van der Waals surface area (Å²) >= 11 is 0. The van der Waals surface area contributed by atoms with Gasteiger partial charge in [-0.3, -0.25) is 5.10 Å². The summed E-state index contributed by atoms with van der Waals surface area (Å²) in [7, 11) is 0. The van der Waals surface area contributed by atoms with Crippen LogP contribution in [-0.2, 0) is 13.1 Å². The van der Waals surface area contributed by atoms with Crippen LogP contribution < -0.4 is 5.32 Å². The van der Waals surface area contributed by atoms with E-state index in [1.807, 2.05) is 19.3 Å². The molecule has 1 aromatic carbocycles. The second-order valence-corrected chi connectivity index (χ2v) is 4.48. The number of benzene rings is 1. The molecule has 0 aliphatic heterocycles. The van der Waals surface area contributed by atoms with Crippen LogP contribution in [-0.4, -0.2) is 15.2 Å². The van der Waals surface area contributed by atoms with Gasteiger partial charge < -0.3 is 10.3 Å². The maximum atomic E-state index is 4.02. The largest absolute Gasteiger partial charge is 0.361 e. The molecule has 0 saturated heterocycles. The summed E-state index contributed by atoms with van der Waals surface area (Å²) in [5.74, 6) is 0. The van der Waals surface area contributed by atoms with Crippen molar-refractivity contribution in [2.24, 2.45) is 0 Å². The normalized spacial score (nSPS) is 11.2. The number of aromatic nitrogens is 3. The first kappa shape index (κ1) is 11.0. The van der Waals surface area contributed by atoms with Crippen molar-refractivity contribution in [3.05, 3.63) is 53.5 Å². The maximum Gasteiger partial charge on any atom is 0.0535 e. The number of aryl methyl sites for hydroxylation is 1.